The summed E-state index contributed by atoms with van der Waals surface area (Å²) in [4.78, 5) is 12.1. The monoisotopic (exact) mass is 340 g/mol. The molecule has 0 atom stereocenters. The predicted octanol–water partition coefficient (Wildman–Crippen LogP) is 2.45. The van der Waals surface area contributed by atoms with Gasteiger partial charge in [0, 0.05) is 17.7 Å². The number of carbonyl (C=O) groups excluding carboxylic acids is 1. The van der Waals surface area contributed by atoms with E-state index in [1.54, 1.807) is 56.9 Å². The third-order valence-electron chi connectivity index (χ3n) is 3.41. The van der Waals surface area contributed by atoms with Crippen molar-refractivity contribution in [2.45, 2.75) is 0 Å². The summed E-state index contributed by atoms with van der Waals surface area (Å²) in [5, 5.41) is 10.6. The summed E-state index contributed by atoms with van der Waals surface area (Å²) >= 11 is 0. The fourth-order valence-corrected chi connectivity index (χ4v) is 2.14. The van der Waals surface area contributed by atoms with Crippen LogP contribution in [0.4, 0.5) is 0 Å². The third-order valence-corrected chi connectivity index (χ3v) is 3.41. The van der Waals surface area contributed by atoms with Gasteiger partial charge in [0.25, 0.3) is 5.91 Å². The summed E-state index contributed by atoms with van der Waals surface area (Å²) in [6.07, 6.45) is 3.03. The summed E-state index contributed by atoms with van der Waals surface area (Å²) in [6, 6.07) is 10.4. The normalized spacial score (nSPS) is 10.8. The molecule has 2 aromatic heterocycles. The molecule has 0 saturated carbocycles. The first-order chi connectivity index (χ1) is 12.2. The maximum absolute atomic E-state index is 12.1. The van der Waals surface area contributed by atoms with Crippen LogP contribution in [0.15, 0.2) is 52.2 Å². The van der Waals surface area contributed by atoms with E-state index in [1.165, 1.54) is 6.21 Å². The van der Waals surface area contributed by atoms with Crippen molar-refractivity contribution in [1.29, 1.82) is 0 Å². The molecule has 3 rings (SSSR count). The van der Waals surface area contributed by atoms with Crippen LogP contribution in [0.3, 0.4) is 0 Å². The average Bonchev–Trinajstić information content (AvgIpc) is 3.33. The molecule has 25 heavy (non-hydrogen) atoms. The van der Waals surface area contributed by atoms with E-state index in [4.69, 9.17) is 13.9 Å². The second-order valence-corrected chi connectivity index (χ2v) is 4.95. The highest BCUT2D eigenvalue weighted by atomic mass is 16.5. The van der Waals surface area contributed by atoms with E-state index < -0.39 is 5.91 Å². The number of nitrogens with zero attached hydrogens (tertiary/aromatic N) is 2. The maximum Gasteiger partial charge on any atom is 0.291 e. The van der Waals surface area contributed by atoms with Gasteiger partial charge in [0.1, 0.15) is 17.2 Å². The molecule has 0 aliphatic rings. The topological polar surface area (TPSA) is 102 Å². The van der Waals surface area contributed by atoms with Crippen LogP contribution in [0.5, 0.6) is 11.5 Å². The van der Waals surface area contributed by atoms with E-state index in [0.29, 0.717) is 28.5 Å². The third kappa shape index (κ3) is 3.69. The molecular weight excluding hydrogens is 324 g/mol. The molecule has 0 bridgehead atoms. The minimum Gasteiger partial charge on any atom is -0.497 e. The Morgan fingerprint density at radius 2 is 2.16 bits per heavy atom. The summed E-state index contributed by atoms with van der Waals surface area (Å²) in [7, 11) is 3.12. The smallest absolute Gasteiger partial charge is 0.291 e. The highest BCUT2D eigenvalue weighted by Crippen LogP contribution is 2.23. The van der Waals surface area contributed by atoms with Crippen LogP contribution in [-0.2, 0) is 0 Å². The number of carbonyl (C=O) groups is 1. The molecule has 128 valence electrons. The largest absolute Gasteiger partial charge is 0.497 e. The zero-order valence-electron chi connectivity index (χ0n) is 13.6. The molecule has 0 fully saturated rings. The van der Waals surface area contributed by atoms with Crippen LogP contribution in [0.2, 0.25) is 0 Å². The van der Waals surface area contributed by atoms with E-state index in [2.05, 4.69) is 20.7 Å². The molecular formula is C17H16N4O4. The van der Waals surface area contributed by atoms with Crippen molar-refractivity contribution >= 4 is 12.1 Å². The van der Waals surface area contributed by atoms with Crippen LogP contribution in [-0.4, -0.2) is 36.5 Å². The summed E-state index contributed by atoms with van der Waals surface area (Å²) in [5.41, 5.74) is 3.92. The Bertz CT molecular complexity index is 884. The number of furan rings is 1. The predicted molar refractivity (Wildman–Crippen MR) is 90.9 cm³/mol. The molecule has 0 radical (unpaired) electrons. The molecule has 0 saturated heterocycles. The number of aromatic nitrogens is 2. The number of hydrogen-bond donors (Lipinski definition) is 2. The van der Waals surface area contributed by atoms with Crippen LogP contribution in [0.25, 0.3) is 11.5 Å². The summed E-state index contributed by atoms with van der Waals surface area (Å²) in [6.45, 7) is 0. The van der Waals surface area contributed by atoms with Crippen LogP contribution < -0.4 is 14.9 Å². The number of H-pyrrole nitrogens is 1. The van der Waals surface area contributed by atoms with Gasteiger partial charge in [-0.05, 0) is 24.3 Å². The van der Waals surface area contributed by atoms with Crippen molar-refractivity contribution < 1.29 is 18.7 Å². The Kier molecular flexibility index (Phi) is 4.79. The standard InChI is InChI=1S/C17H16N4O4/c1-23-12-6-5-11(16(8-12)24-2)10-18-21-17(22)14-9-13(19-20-14)15-4-3-7-25-15/h3-10H,1-2H3,(H,19,20)(H,21,22). The molecule has 3 aromatic rings. The summed E-state index contributed by atoms with van der Waals surface area (Å²) in [5.74, 6) is 1.40. The lowest BCUT2D eigenvalue weighted by molar-refractivity contribution is 0.0950. The Labute approximate surface area is 143 Å². The van der Waals surface area contributed by atoms with E-state index in [0.717, 1.165) is 0 Å². The van der Waals surface area contributed by atoms with Crippen molar-refractivity contribution in [2.75, 3.05) is 14.2 Å². The van der Waals surface area contributed by atoms with E-state index in [9.17, 15) is 4.79 Å². The number of ether oxygens (including phenoxy) is 2. The van der Waals surface area contributed by atoms with Crippen LogP contribution in [0, 0.1) is 0 Å². The maximum atomic E-state index is 12.1. The van der Waals surface area contributed by atoms with Crippen molar-refractivity contribution in [1.82, 2.24) is 15.6 Å². The van der Waals surface area contributed by atoms with Gasteiger partial charge in [0.05, 0.1) is 26.7 Å². The van der Waals surface area contributed by atoms with Crippen molar-refractivity contribution in [3.05, 3.63) is 53.9 Å². The van der Waals surface area contributed by atoms with E-state index >= 15 is 0 Å². The van der Waals surface area contributed by atoms with Gasteiger partial charge in [-0.25, -0.2) is 5.43 Å². The minimum absolute atomic E-state index is 0.199. The number of hydrazone groups is 1. The van der Waals surface area contributed by atoms with Gasteiger partial charge >= 0.3 is 0 Å². The van der Waals surface area contributed by atoms with Crippen molar-refractivity contribution in [2.24, 2.45) is 5.10 Å². The number of rotatable bonds is 6. The highest BCUT2D eigenvalue weighted by Gasteiger charge is 2.12. The van der Waals surface area contributed by atoms with E-state index in [-0.39, 0.29) is 5.69 Å². The molecule has 2 heterocycles. The molecule has 1 aromatic carbocycles. The minimum atomic E-state index is -0.446. The number of methoxy groups -OCH3 is 2. The molecule has 0 aliphatic heterocycles. The van der Waals surface area contributed by atoms with Gasteiger partial charge in [0.2, 0.25) is 0 Å². The molecule has 0 unspecified atom stereocenters. The number of benzene rings is 1. The van der Waals surface area contributed by atoms with Gasteiger partial charge in [-0.3, -0.25) is 9.89 Å². The highest BCUT2D eigenvalue weighted by molar-refractivity contribution is 5.94. The first-order valence-electron chi connectivity index (χ1n) is 7.36. The number of hydrogen-bond acceptors (Lipinski definition) is 6. The van der Waals surface area contributed by atoms with Gasteiger partial charge in [0.15, 0.2) is 11.5 Å². The van der Waals surface area contributed by atoms with Gasteiger partial charge in [-0.2, -0.15) is 10.2 Å². The fourth-order valence-electron chi connectivity index (χ4n) is 2.14. The van der Waals surface area contributed by atoms with E-state index in [1.807, 2.05) is 0 Å². The van der Waals surface area contributed by atoms with Crippen molar-refractivity contribution in [3.63, 3.8) is 0 Å². The fraction of sp³-hybridized carbons (Fsp3) is 0.118. The molecule has 8 nitrogen and oxygen atoms in total. The first kappa shape index (κ1) is 16.3. The molecule has 8 heteroatoms. The molecule has 0 aliphatic carbocycles. The Balaban J connectivity index is 1.67. The number of amides is 1. The zero-order chi connectivity index (χ0) is 17.6. The lowest BCUT2D eigenvalue weighted by atomic mass is 10.2. The Morgan fingerprint density at radius 1 is 1.28 bits per heavy atom. The van der Waals surface area contributed by atoms with Gasteiger partial charge in [-0.1, -0.05) is 0 Å². The lowest BCUT2D eigenvalue weighted by Gasteiger charge is -2.06. The first-order valence-corrected chi connectivity index (χ1v) is 7.36. The zero-order valence-corrected chi connectivity index (χ0v) is 13.6. The lowest BCUT2D eigenvalue weighted by Crippen LogP contribution is -2.18. The van der Waals surface area contributed by atoms with Crippen LogP contribution in [0.1, 0.15) is 16.1 Å². The average molecular weight is 340 g/mol. The SMILES string of the molecule is COc1ccc(C=NNC(=O)c2cc(-c3ccco3)[nH]n2)c(OC)c1. The molecule has 0 spiro atoms. The Hall–Kier alpha value is -3.55. The van der Waals surface area contributed by atoms with Crippen molar-refractivity contribution in [3.8, 4) is 23.0 Å². The number of nitrogens with one attached hydrogen (secondary N) is 2. The molecule has 1 amide bonds. The summed E-state index contributed by atoms with van der Waals surface area (Å²) < 4.78 is 15.6. The second-order valence-electron chi connectivity index (χ2n) is 4.95. The van der Waals surface area contributed by atoms with Gasteiger partial charge in [-0.15, -0.1) is 0 Å². The van der Waals surface area contributed by atoms with Gasteiger partial charge < -0.3 is 13.9 Å². The second kappa shape index (κ2) is 7.35. The van der Waals surface area contributed by atoms with Crippen LogP contribution >= 0.6 is 0 Å². The number of aromatic amines is 1. The molecule has 2 N–H and O–H groups in total. The Morgan fingerprint density at radius 3 is 2.88 bits per heavy atom. The quantitative estimate of drug-likeness (QED) is 0.530.